The van der Waals surface area contributed by atoms with Gasteiger partial charge in [0.2, 0.25) is 6.29 Å². The van der Waals surface area contributed by atoms with E-state index in [4.69, 9.17) is 19.0 Å². The van der Waals surface area contributed by atoms with Gasteiger partial charge in [0.05, 0.1) is 0 Å². The van der Waals surface area contributed by atoms with E-state index in [-0.39, 0.29) is 40.9 Å². The van der Waals surface area contributed by atoms with E-state index in [0.29, 0.717) is 10.9 Å². The molecule has 1 aliphatic rings. The zero-order chi connectivity index (χ0) is 18.3. The molecule has 1 aliphatic heterocycles. The molecule has 1 fully saturated rings. The summed E-state index contributed by atoms with van der Waals surface area (Å²) in [5, 5.41) is 39.1. The number of rotatable bonds is 3. The zero-order valence-electron chi connectivity index (χ0n) is 14.0. The Morgan fingerprint density at radius 1 is 1.12 bits per heavy atom. The van der Waals surface area contributed by atoms with E-state index in [9.17, 15) is 24.9 Å². The van der Waals surface area contributed by atoms with Gasteiger partial charge in [-0.1, -0.05) is 0 Å². The van der Waals surface area contributed by atoms with Crippen molar-refractivity contribution >= 4 is 46.5 Å². The van der Waals surface area contributed by atoms with Gasteiger partial charge >= 0.3 is 11.6 Å². The molecule has 4 N–H and O–H groups in total. The molecule has 5 atom stereocenters. The molecule has 10 heteroatoms. The van der Waals surface area contributed by atoms with Gasteiger partial charge in [-0.05, 0) is 24.6 Å². The van der Waals surface area contributed by atoms with Crippen LogP contribution in [0.25, 0.3) is 11.0 Å². The maximum Gasteiger partial charge on any atom is 0.336 e. The molecule has 0 spiro atoms. The molecule has 1 radical (unpaired) electrons. The number of benzene rings is 1. The first-order valence-electron chi connectivity index (χ1n) is 7.41. The van der Waals surface area contributed by atoms with Crippen molar-refractivity contribution in [1.82, 2.24) is 0 Å². The summed E-state index contributed by atoms with van der Waals surface area (Å²) in [6.07, 6.45) is -8.53. The second kappa shape index (κ2) is 8.05. The van der Waals surface area contributed by atoms with E-state index in [2.05, 4.69) is 0 Å². The van der Waals surface area contributed by atoms with Crippen molar-refractivity contribution in [1.29, 1.82) is 0 Å². The molecule has 0 saturated carbocycles. The van der Waals surface area contributed by atoms with E-state index >= 15 is 0 Å². The summed E-state index contributed by atoms with van der Waals surface area (Å²) in [5.41, 5.74) is 0.403. The number of aliphatic carboxylic acids is 1. The number of aryl methyl sites for hydroxylation is 1. The Kier molecular flexibility index (Phi) is 6.46. The van der Waals surface area contributed by atoms with Gasteiger partial charge in [0, 0.05) is 47.1 Å². The monoisotopic (exact) mass is 375 g/mol. The van der Waals surface area contributed by atoms with Crippen molar-refractivity contribution in [2.45, 2.75) is 37.6 Å². The summed E-state index contributed by atoms with van der Waals surface area (Å²) in [6.45, 7) is 1.74. The molecule has 1 aromatic heterocycles. The Morgan fingerprint density at radius 3 is 2.46 bits per heavy atom. The van der Waals surface area contributed by atoms with Gasteiger partial charge in [-0.3, -0.25) is 0 Å². The predicted molar refractivity (Wildman–Crippen MR) is 87.9 cm³/mol. The Bertz CT molecular complexity index is 864. The number of carboxylic acids is 1. The topological polar surface area (TPSA) is 147 Å². The summed E-state index contributed by atoms with van der Waals surface area (Å²) in [7, 11) is 0. The third-order valence-corrected chi connectivity index (χ3v) is 3.99. The first-order chi connectivity index (χ1) is 11.8. The maximum atomic E-state index is 11.5. The molecule has 0 aliphatic carbocycles. The van der Waals surface area contributed by atoms with E-state index in [1.807, 2.05) is 0 Å². The molecule has 0 unspecified atom stereocenters. The molecule has 0 bridgehead atoms. The van der Waals surface area contributed by atoms with Crippen molar-refractivity contribution in [3.63, 3.8) is 0 Å². The van der Waals surface area contributed by atoms with Gasteiger partial charge in [-0.15, -0.1) is 0 Å². The standard InChI is InChI=1S/C16H16O9.Na/c1-6-4-10(17)24-9-5-7(2-3-8(6)9)23-16-13(20)11(18)12(19)14(25-16)15(21)22;/h2-5,11-14,16,18-20H,1H3,(H,21,22);/t11-,12-,13+,14+,16+;/m0./s1. The van der Waals surface area contributed by atoms with Gasteiger partial charge in [-0.2, -0.15) is 0 Å². The molecular weight excluding hydrogens is 359 g/mol. The third kappa shape index (κ3) is 3.94. The number of fused-ring (bicyclic) bond motifs is 1. The fourth-order valence-corrected chi connectivity index (χ4v) is 2.66. The van der Waals surface area contributed by atoms with Gasteiger partial charge in [0.1, 0.15) is 29.6 Å². The summed E-state index contributed by atoms with van der Waals surface area (Å²) in [4.78, 5) is 22.5. The van der Waals surface area contributed by atoms with Crippen LogP contribution in [0.2, 0.25) is 0 Å². The van der Waals surface area contributed by atoms with Crippen molar-refractivity contribution < 1.29 is 39.1 Å². The van der Waals surface area contributed by atoms with E-state index < -0.39 is 42.3 Å². The average Bonchev–Trinajstić information content (AvgIpc) is 2.54. The molecule has 9 nitrogen and oxygen atoms in total. The van der Waals surface area contributed by atoms with Crippen LogP contribution in [-0.2, 0) is 9.53 Å². The van der Waals surface area contributed by atoms with Crippen LogP contribution >= 0.6 is 0 Å². The van der Waals surface area contributed by atoms with Gasteiger partial charge < -0.3 is 34.3 Å². The molecule has 3 rings (SSSR count). The Hall–Kier alpha value is -1.46. The first kappa shape index (κ1) is 20.8. The Balaban J connectivity index is 0.00000243. The minimum absolute atomic E-state index is 0. The molecule has 0 amide bonds. The van der Waals surface area contributed by atoms with E-state index in [1.54, 1.807) is 13.0 Å². The van der Waals surface area contributed by atoms with Gasteiger partial charge in [0.25, 0.3) is 0 Å². The number of aliphatic hydroxyl groups excluding tert-OH is 3. The Morgan fingerprint density at radius 2 is 1.81 bits per heavy atom. The van der Waals surface area contributed by atoms with Crippen molar-refractivity contribution in [2.24, 2.45) is 0 Å². The number of hydrogen-bond donors (Lipinski definition) is 4. The predicted octanol–water partition coefficient (Wildman–Crippen LogP) is -1.01. The fourth-order valence-electron chi connectivity index (χ4n) is 2.66. The van der Waals surface area contributed by atoms with Crippen LogP contribution in [0.5, 0.6) is 5.75 Å². The molecule has 1 aromatic carbocycles. The summed E-state index contributed by atoms with van der Waals surface area (Å²) < 4.78 is 15.5. The van der Waals surface area contributed by atoms with Crippen LogP contribution in [0.15, 0.2) is 33.5 Å². The third-order valence-electron chi connectivity index (χ3n) is 3.99. The van der Waals surface area contributed by atoms with E-state index in [0.717, 1.165) is 0 Å². The van der Waals surface area contributed by atoms with Crippen molar-refractivity contribution in [3.8, 4) is 5.75 Å². The number of ether oxygens (including phenoxy) is 2. The zero-order valence-corrected chi connectivity index (χ0v) is 16.0. The summed E-state index contributed by atoms with van der Waals surface area (Å²) in [5.74, 6) is -1.38. The maximum absolute atomic E-state index is 11.5. The largest absolute Gasteiger partial charge is 0.479 e. The Labute approximate surface area is 169 Å². The van der Waals surface area contributed by atoms with E-state index in [1.165, 1.54) is 18.2 Å². The minimum Gasteiger partial charge on any atom is -0.479 e. The number of carbonyl (C=O) groups is 1. The normalized spacial score (nSPS) is 28.4. The number of hydrogen-bond acceptors (Lipinski definition) is 8. The van der Waals surface area contributed by atoms with Crippen molar-refractivity contribution in [2.75, 3.05) is 0 Å². The van der Waals surface area contributed by atoms with Gasteiger partial charge in [0.15, 0.2) is 6.10 Å². The minimum atomic E-state index is -1.80. The molecule has 135 valence electrons. The molecule has 26 heavy (non-hydrogen) atoms. The smallest absolute Gasteiger partial charge is 0.336 e. The molecule has 1 saturated heterocycles. The van der Waals surface area contributed by atoms with Crippen LogP contribution in [0.1, 0.15) is 5.56 Å². The van der Waals surface area contributed by atoms with Crippen LogP contribution in [0.3, 0.4) is 0 Å². The SMILES string of the molecule is Cc1cc(=O)oc2cc(O[C@@H]3O[C@@H](C(=O)O)[C@@H](O)[C@H](O)[C@H]3O)ccc12.[Na]. The van der Waals surface area contributed by atoms with Crippen LogP contribution in [0.4, 0.5) is 0 Å². The van der Waals surface area contributed by atoms with Crippen molar-refractivity contribution in [3.05, 3.63) is 40.2 Å². The van der Waals surface area contributed by atoms with Gasteiger partial charge in [-0.25, -0.2) is 9.59 Å². The molecular formula is C16H16NaO9. The van der Waals surface area contributed by atoms with Crippen LogP contribution in [-0.4, -0.2) is 86.7 Å². The number of aliphatic hydroxyl groups is 3. The summed E-state index contributed by atoms with van der Waals surface area (Å²) in [6, 6.07) is 5.86. The first-order valence-corrected chi connectivity index (χ1v) is 7.41. The second-order valence-electron chi connectivity index (χ2n) is 5.76. The van der Waals surface area contributed by atoms with Crippen LogP contribution < -0.4 is 10.4 Å². The molecule has 2 heterocycles. The molecule has 2 aromatic rings. The average molecular weight is 375 g/mol. The fraction of sp³-hybridized carbons (Fsp3) is 0.375. The summed E-state index contributed by atoms with van der Waals surface area (Å²) >= 11 is 0. The number of carboxylic acid groups (broad SMARTS) is 1. The van der Waals surface area contributed by atoms with Crippen LogP contribution in [0, 0.1) is 6.92 Å². The second-order valence-corrected chi connectivity index (χ2v) is 5.76. The quantitative estimate of drug-likeness (QED) is 0.391.